The molecule has 28 heavy (non-hydrogen) atoms. The predicted molar refractivity (Wildman–Crippen MR) is 110 cm³/mol. The van der Waals surface area contributed by atoms with Gasteiger partial charge in [0.25, 0.3) is 0 Å². The zero-order valence-electron chi connectivity index (χ0n) is 16.1. The zero-order chi connectivity index (χ0) is 19.9. The van der Waals surface area contributed by atoms with Gasteiger partial charge in [0.05, 0.1) is 0 Å². The third-order valence-corrected chi connectivity index (χ3v) is 4.53. The number of carbonyl (C=O) groups is 2. The maximum atomic E-state index is 12.1. The maximum absolute atomic E-state index is 12.1. The fraction of sp³-hybridized carbons (Fsp3) is 0.227. The molecule has 2 amide bonds. The van der Waals surface area contributed by atoms with E-state index < -0.39 is 11.8 Å². The Bertz CT molecular complexity index is 943. The highest BCUT2D eigenvalue weighted by Gasteiger charge is 2.15. The van der Waals surface area contributed by atoms with Gasteiger partial charge in [0.2, 0.25) is 0 Å². The molecule has 3 aromatic rings. The Labute approximate surface area is 164 Å². The summed E-state index contributed by atoms with van der Waals surface area (Å²) >= 11 is 0. The van der Waals surface area contributed by atoms with Gasteiger partial charge in [0.15, 0.2) is 0 Å². The number of para-hydroxylation sites is 1. The second-order valence-corrected chi connectivity index (χ2v) is 6.64. The van der Waals surface area contributed by atoms with Crippen LogP contribution < -0.4 is 10.6 Å². The van der Waals surface area contributed by atoms with Crippen LogP contribution in [0.5, 0.6) is 0 Å². The van der Waals surface area contributed by atoms with Gasteiger partial charge in [-0.25, -0.2) is 4.98 Å². The highest BCUT2D eigenvalue weighted by molar-refractivity contribution is 6.39. The number of benzene rings is 2. The van der Waals surface area contributed by atoms with Crippen molar-refractivity contribution in [3.05, 3.63) is 72.1 Å². The van der Waals surface area contributed by atoms with E-state index in [1.165, 1.54) is 0 Å². The van der Waals surface area contributed by atoms with Gasteiger partial charge in [-0.05, 0) is 31.4 Å². The molecule has 0 saturated carbocycles. The lowest BCUT2D eigenvalue weighted by Crippen LogP contribution is -2.36. The number of nitrogens with one attached hydrogen (secondary N) is 2. The lowest BCUT2D eigenvalue weighted by molar-refractivity contribution is -0.136. The smallest absolute Gasteiger partial charge is 0.313 e. The lowest BCUT2D eigenvalue weighted by atomic mass is 10.1. The molecule has 0 unspecified atom stereocenters. The molecular formula is C22H24N4O2. The first-order chi connectivity index (χ1) is 13.6. The Morgan fingerprint density at radius 3 is 2.39 bits per heavy atom. The molecule has 0 saturated heterocycles. The van der Waals surface area contributed by atoms with Crippen molar-refractivity contribution in [1.29, 1.82) is 0 Å². The summed E-state index contributed by atoms with van der Waals surface area (Å²) < 4.78 is 2.04. The number of nitrogens with zero attached hydrogens (tertiary/aromatic N) is 2. The first-order valence-corrected chi connectivity index (χ1v) is 9.28. The minimum Gasteiger partial charge on any atom is -0.348 e. The Kier molecular flexibility index (Phi) is 6.22. The molecule has 0 fully saturated rings. The fourth-order valence-corrected chi connectivity index (χ4v) is 3.05. The lowest BCUT2D eigenvalue weighted by Gasteiger charge is -2.12. The predicted octanol–water partition coefficient (Wildman–Crippen LogP) is 3.31. The second-order valence-electron chi connectivity index (χ2n) is 6.64. The SMILES string of the molecule is Cc1cccc(C)c1NC(=O)C(=O)NCCCn1ccnc1-c1ccccc1. The van der Waals surface area contributed by atoms with Crippen LogP contribution in [-0.2, 0) is 16.1 Å². The van der Waals surface area contributed by atoms with Gasteiger partial charge < -0.3 is 15.2 Å². The molecule has 0 aliphatic carbocycles. The van der Waals surface area contributed by atoms with Crippen molar-refractivity contribution in [2.75, 3.05) is 11.9 Å². The number of rotatable bonds is 6. The van der Waals surface area contributed by atoms with Crippen LogP contribution in [-0.4, -0.2) is 27.9 Å². The molecule has 1 aromatic heterocycles. The number of imidazole rings is 1. The first kappa shape index (κ1) is 19.4. The molecule has 0 aliphatic rings. The van der Waals surface area contributed by atoms with Crippen LogP contribution in [0.4, 0.5) is 5.69 Å². The van der Waals surface area contributed by atoms with E-state index in [9.17, 15) is 9.59 Å². The highest BCUT2D eigenvalue weighted by atomic mass is 16.2. The van der Waals surface area contributed by atoms with Crippen molar-refractivity contribution in [1.82, 2.24) is 14.9 Å². The molecule has 0 spiro atoms. The third kappa shape index (κ3) is 4.65. The van der Waals surface area contributed by atoms with Crippen LogP contribution in [0.1, 0.15) is 17.5 Å². The minimum absolute atomic E-state index is 0.408. The Hall–Kier alpha value is -3.41. The van der Waals surface area contributed by atoms with Gasteiger partial charge >= 0.3 is 11.8 Å². The minimum atomic E-state index is -0.648. The molecule has 6 nitrogen and oxygen atoms in total. The van der Waals surface area contributed by atoms with Gasteiger partial charge in [0.1, 0.15) is 5.82 Å². The number of hydrogen-bond donors (Lipinski definition) is 2. The summed E-state index contributed by atoms with van der Waals surface area (Å²) in [5.41, 5.74) is 3.59. The van der Waals surface area contributed by atoms with Crippen LogP contribution in [0.3, 0.4) is 0 Å². The quantitative estimate of drug-likeness (QED) is 0.512. The first-order valence-electron chi connectivity index (χ1n) is 9.28. The third-order valence-electron chi connectivity index (χ3n) is 4.53. The molecule has 3 rings (SSSR count). The summed E-state index contributed by atoms with van der Waals surface area (Å²) in [5.74, 6) is -0.388. The van der Waals surface area contributed by atoms with Crippen molar-refractivity contribution in [3.8, 4) is 11.4 Å². The van der Waals surface area contributed by atoms with Crippen LogP contribution in [0.15, 0.2) is 60.9 Å². The molecule has 144 valence electrons. The van der Waals surface area contributed by atoms with Gasteiger partial charge in [0, 0.05) is 36.7 Å². The van der Waals surface area contributed by atoms with Crippen LogP contribution in [0, 0.1) is 13.8 Å². The van der Waals surface area contributed by atoms with E-state index in [-0.39, 0.29) is 0 Å². The van der Waals surface area contributed by atoms with Gasteiger partial charge in [-0.2, -0.15) is 0 Å². The molecule has 2 N–H and O–H groups in total. The van der Waals surface area contributed by atoms with E-state index in [0.717, 1.165) is 22.5 Å². The summed E-state index contributed by atoms with van der Waals surface area (Å²) in [7, 11) is 0. The summed E-state index contributed by atoms with van der Waals surface area (Å²) in [4.78, 5) is 28.6. The molecule has 0 atom stereocenters. The Balaban J connectivity index is 1.49. The Morgan fingerprint density at radius 2 is 1.68 bits per heavy atom. The number of amides is 2. The normalized spacial score (nSPS) is 10.5. The van der Waals surface area contributed by atoms with Crippen molar-refractivity contribution < 1.29 is 9.59 Å². The summed E-state index contributed by atoms with van der Waals surface area (Å²) in [6.45, 7) is 4.90. The summed E-state index contributed by atoms with van der Waals surface area (Å²) in [6.07, 6.45) is 4.37. The van der Waals surface area contributed by atoms with Gasteiger partial charge in [-0.15, -0.1) is 0 Å². The summed E-state index contributed by atoms with van der Waals surface area (Å²) in [5, 5.41) is 5.38. The number of aryl methyl sites for hydroxylation is 3. The van der Waals surface area contributed by atoms with Gasteiger partial charge in [-0.1, -0.05) is 48.5 Å². The van der Waals surface area contributed by atoms with Gasteiger partial charge in [-0.3, -0.25) is 9.59 Å². The second kappa shape index (κ2) is 8.99. The van der Waals surface area contributed by atoms with Crippen LogP contribution in [0.25, 0.3) is 11.4 Å². The molecule has 1 heterocycles. The number of carbonyl (C=O) groups excluding carboxylic acids is 2. The molecule has 0 radical (unpaired) electrons. The van der Waals surface area contributed by atoms with E-state index in [1.54, 1.807) is 6.20 Å². The zero-order valence-corrected chi connectivity index (χ0v) is 16.1. The van der Waals surface area contributed by atoms with E-state index in [2.05, 4.69) is 15.6 Å². The van der Waals surface area contributed by atoms with Crippen LogP contribution in [0.2, 0.25) is 0 Å². The molecular weight excluding hydrogens is 352 g/mol. The largest absolute Gasteiger partial charge is 0.348 e. The number of aromatic nitrogens is 2. The topological polar surface area (TPSA) is 76.0 Å². The average molecular weight is 376 g/mol. The monoisotopic (exact) mass is 376 g/mol. The number of hydrogen-bond acceptors (Lipinski definition) is 3. The standard InChI is InChI=1S/C22H24N4O2/c1-16-8-6-9-17(2)19(16)25-22(28)21(27)24-12-7-14-26-15-13-23-20(26)18-10-4-3-5-11-18/h3-6,8-11,13,15H,7,12,14H2,1-2H3,(H,24,27)(H,25,28). The van der Waals surface area contributed by atoms with E-state index in [4.69, 9.17) is 0 Å². The summed E-state index contributed by atoms with van der Waals surface area (Å²) in [6, 6.07) is 15.7. The van der Waals surface area contributed by atoms with E-state index in [1.807, 2.05) is 73.1 Å². The molecule has 0 aliphatic heterocycles. The Morgan fingerprint density at radius 1 is 0.964 bits per heavy atom. The average Bonchev–Trinajstić information content (AvgIpc) is 3.17. The molecule has 2 aromatic carbocycles. The van der Waals surface area contributed by atoms with E-state index in [0.29, 0.717) is 25.2 Å². The maximum Gasteiger partial charge on any atom is 0.313 e. The van der Waals surface area contributed by atoms with Crippen molar-refractivity contribution in [2.45, 2.75) is 26.8 Å². The fourth-order valence-electron chi connectivity index (χ4n) is 3.05. The van der Waals surface area contributed by atoms with E-state index >= 15 is 0 Å². The van der Waals surface area contributed by atoms with Crippen molar-refractivity contribution in [2.24, 2.45) is 0 Å². The van der Waals surface area contributed by atoms with Crippen LogP contribution >= 0.6 is 0 Å². The highest BCUT2D eigenvalue weighted by Crippen LogP contribution is 2.19. The van der Waals surface area contributed by atoms with Crippen molar-refractivity contribution >= 4 is 17.5 Å². The number of anilines is 1. The molecule has 6 heteroatoms. The van der Waals surface area contributed by atoms with Crippen molar-refractivity contribution in [3.63, 3.8) is 0 Å². The molecule has 0 bridgehead atoms.